The molecule has 3 rings (SSSR count). The summed E-state index contributed by atoms with van der Waals surface area (Å²) >= 11 is 1.47. The molecule has 0 unspecified atom stereocenters. The Kier molecular flexibility index (Phi) is 5.66. The molecule has 3 aromatic rings. The van der Waals surface area contributed by atoms with Crippen LogP contribution in [0.1, 0.15) is 5.56 Å². The molecular weight excluding hydrogens is 344 g/mol. The zero-order valence-electron chi connectivity index (χ0n) is 14.5. The summed E-state index contributed by atoms with van der Waals surface area (Å²) in [6.45, 7) is 6.48. The molecule has 0 radical (unpaired) electrons. The van der Waals surface area contributed by atoms with Crippen LogP contribution in [-0.2, 0) is 6.54 Å². The van der Waals surface area contributed by atoms with E-state index in [4.69, 9.17) is 0 Å². The molecule has 6 heteroatoms. The predicted molar refractivity (Wildman–Crippen MR) is 107 cm³/mol. The minimum absolute atomic E-state index is 0.383. The second-order valence-electron chi connectivity index (χ2n) is 5.71. The van der Waals surface area contributed by atoms with E-state index in [2.05, 4.69) is 53.6 Å². The Morgan fingerprint density at radius 2 is 1.92 bits per heavy atom. The number of urea groups is 1. The van der Waals surface area contributed by atoms with Crippen molar-refractivity contribution in [2.75, 3.05) is 5.32 Å². The molecule has 26 heavy (non-hydrogen) atoms. The molecule has 0 aliphatic heterocycles. The summed E-state index contributed by atoms with van der Waals surface area (Å²) in [4.78, 5) is 12.7. The lowest BCUT2D eigenvalue weighted by Gasteiger charge is -2.07. The van der Waals surface area contributed by atoms with Gasteiger partial charge in [0.15, 0.2) is 0 Å². The Morgan fingerprint density at radius 1 is 1.19 bits per heavy atom. The number of amides is 2. The molecule has 0 aliphatic rings. The first-order chi connectivity index (χ1) is 12.7. The van der Waals surface area contributed by atoms with Gasteiger partial charge in [-0.3, -0.25) is 0 Å². The van der Waals surface area contributed by atoms with Crippen LogP contribution in [0.3, 0.4) is 0 Å². The third-order valence-electron chi connectivity index (χ3n) is 3.74. The van der Waals surface area contributed by atoms with E-state index in [9.17, 15) is 4.79 Å². The highest BCUT2D eigenvalue weighted by Gasteiger charge is 2.07. The summed E-state index contributed by atoms with van der Waals surface area (Å²) in [5.41, 5.74) is 6.62. The molecule has 0 bridgehead atoms. The van der Waals surface area contributed by atoms with Crippen molar-refractivity contribution in [2.45, 2.75) is 13.5 Å². The summed E-state index contributed by atoms with van der Waals surface area (Å²) in [6, 6.07) is 17.2. The largest absolute Gasteiger partial charge is 0.339 e. The number of aromatic nitrogens is 1. The topological polar surface area (TPSA) is 58.4 Å². The number of carbonyl (C=O) groups excluding carboxylic acids is 1. The molecule has 2 amide bonds. The number of allylic oxidation sites excluding steroid dienone is 1. The predicted octanol–water partition coefficient (Wildman–Crippen LogP) is 4.35. The molecule has 2 N–H and O–H groups in total. The first-order valence-corrected chi connectivity index (χ1v) is 9.07. The molecule has 0 aliphatic carbocycles. The lowest BCUT2D eigenvalue weighted by molar-refractivity contribution is 0.252. The lowest BCUT2D eigenvalue weighted by atomic mass is 10.1. The quantitative estimate of drug-likeness (QED) is 0.513. The third-order valence-corrected chi connectivity index (χ3v) is 4.61. The summed E-state index contributed by atoms with van der Waals surface area (Å²) in [5, 5.41) is 9.03. The third kappa shape index (κ3) is 4.29. The van der Waals surface area contributed by atoms with E-state index in [1.807, 2.05) is 46.4 Å². The molecule has 0 fully saturated rings. The SMILES string of the molecule is C=CCn1c(-c2ccc(C)cc2)cs/c1=N/NC(=O)Nc1ccccc1. The maximum atomic E-state index is 12.0. The number of anilines is 1. The first-order valence-electron chi connectivity index (χ1n) is 8.19. The van der Waals surface area contributed by atoms with Gasteiger partial charge in [-0.2, -0.15) is 0 Å². The Balaban J connectivity index is 1.82. The van der Waals surface area contributed by atoms with Crippen molar-refractivity contribution >= 4 is 23.1 Å². The molecular formula is C20H20N4OS. The number of hydrogen-bond acceptors (Lipinski definition) is 3. The van der Waals surface area contributed by atoms with Gasteiger partial charge in [0.05, 0.1) is 5.69 Å². The van der Waals surface area contributed by atoms with Crippen LogP contribution >= 0.6 is 11.3 Å². The van der Waals surface area contributed by atoms with Crippen molar-refractivity contribution < 1.29 is 4.79 Å². The number of hydrogen-bond donors (Lipinski definition) is 2. The van der Waals surface area contributed by atoms with Gasteiger partial charge >= 0.3 is 6.03 Å². The zero-order chi connectivity index (χ0) is 18.4. The molecule has 0 saturated heterocycles. The van der Waals surface area contributed by atoms with Crippen molar-refractivity contribution in [1.29, 1.82) is 0 Å². The second kappa shape index (κ2) is 8.31. The molecule has 0 atom stereocenters. The second-order valence-corrected chi connectivity index (χ2v) is 6.55. The summed E-state index contributed by atoms with van der Waals surface area (Å²) in [5.74, 6) is 0. The van der Waals surface area contributed by atoms with Crippen LogP contribution in [0.25, 0.3) is 11.3 Å². The van der Waals surface area contributed by atoms with Gasteiger partial charge in [-0.05, 0) is 24.6 Å². The van der Waals surface area contributed by atoms with Crippen LogP contribution in [0.4, 0.5) is 10.5 Å². The summed E-state index contributed by atoms with van der Waals surface area (Å²) < 4.78 is 2.02. The Bertz CT molecular complexity index is 955. The van der Waals surface area contributed by atoms with Gasteiger partial charge in [0.2, 0.25) is 4.80 Å². The number of rotatable bonds is 5. The molecule has 0 spiro atoms. The standard InChI is InChI=1S/C20H20N4OS/c1-3-13-24-18(16-11-9-15(2)10-12-16)14-26-20(24)23-22-19(25)21-17-7-5-4-6-8-17/h3-12,14H,1,13H2,2H3,(H2,21,22,25)/b23-20+. The fourth-order valence-electron chi connectivity index (χ4n) is 2.46. The van der Waals surface area contributed by atoms with E-state index in [1.165, 1.54) is 16.9 Å². The number of aryl methyl sites for hydroxylation is 1. The minimum Gasteiger partial charge on any atom is -0.311 e. The van der Waals surface area contributed by atoms with Crippen molar-refractivity contribution in [3.05, 3.63) is 83.0 Å². The molecule has 1 aromatic heterocycles. The fourth-order valence-corrected chi connectivity index (χ4v) is 3.34. The van der Waals surface area contributed by atoms with Gasteiger partial charge in [0.1, 0.15) is 0 Å². The van der Waals surface area contributed by atoms with Gasteiger partial charge in [-0.1, -0.05) is 54.1 Å². The van der Waals surface area contributed by atoms with E-state index in [0.29, 0.717) is 17.0 Å². The fraction of sp³-hybridized carbons (Fsp3) is 0.100. The molecule has 5 nitrogen and oxygen atoms in total. The van der Waals surface area contributed by atoms with Crippen molar-refractivity contribution in [2.24, 2.45) is 5.10 Å². The number of thiazole rings is 1. The van der Waals surface area contributed by atoms with E-state index >= 15 is 0 Å². The smallest absolute Gasteiger partial charge is 0.311 e. The van der Waals surface area contributed by atoms with Crippen molar-refractivity contribution in [3.63, 3.8) is 0 Å². The number of nitrogens with zero attached hydrogens (tertiary/aromatic N) is 2. The summed E-state index contributed by atoms with van der Waals surface area (Å²) in [6.07, 6.45) is 1.81. The average Bonchev–Trinajstić information content (AvgIpc) is 3.05. The van der Waals surface area contributed by atoms with Gasteiger partial charge in [-0.15, -0.1) is 23.0 Å². The van der Waals surface area contributed by atoms with Gasteiger partial charge < -0.3 is 9.88 Å². The minimum atomic E-state index is -0.383. The van der Waals surface area contributed by atoms with E-state index in [0.717, 1.165) is 11.3 Å². The van der Waals surface area contributed by atoms with Gasteiger partial charge in [0, 0.05) is 17.6 Å². The van der Waals surface area contributed by atoms with Crippen LogP contribution in [-0.4, -0.2) is 10.6 Å². The molecule has 1 heterocycles. The van der Waals surface area contributed by atoms with Crippen LogP contribution in [0.15, 0.2) is 77.7 Å². The zero-order valence-corrected chi connectivity index (χ0v) is 15.3. The van der Waals surface area contributed by atoms with Gasteiger partial charge in [0.25, 0.3) is 0 Å². The van der Waals surface area contributed by atoms with Crippen LogP contribution in [0, 0.1) is 6.92 Å². The van der Waals surface area contributed by atoms with Crippen molar-refractivity contribution in [1.82, 2.24) is 9.99 Å². The van der Waals surface area contributed by atoms with E-state index < -0.39 is 0 Å². The normalized spacial score (nSPS) is 11.2. The van der Waals surface area contributed by atoms with E-state index in [1.54, 1.807) is 0 Å². The Labute approximate surface area is 156 Å². The summed E-state index contributed by atoms with van der Waals surface area (Å²) in [7, 11) is 0. The van der Waals surface area contributed by atoms with E-state index in [-0.39, 0.29) is 6.03 Å². The number of carbonyl (C=O) groups is 1. The lowest BCUT2D eigenvalue weighted by Crippen LogP contribution is -2.28. The first kappa shape index (κ1) is 17.7. The maximum Gasteiger partial charge on any atom is 0.339 e. The highest BCUT2D eigenvalue weighted by molar-refractivity contribution is 7.07. The van der Waals surface area contributed by atoms with Crippen molar-refractivity contribution in [3.8, 4) is 11.3 Å². The maximum absolute atomic E-state index is 12.0. The van der Waals surface area contributed by atoms with Crippen LogP contribution in [0.2, 0.25) is 0 Å². The van der Waals surface area contributed by atoms with Gasteiger partial charge in [-0.25, -0.2) is 10.2 Å². The number of para-hydroxylation sites is 1. The van der Waals surface area contributed by atoms with Crippen LogP contribution < -0.4 is 15.5 Å². The molecule has 132 valence electrons. The average molecular weight is 364 g/mol. The molecule has 2 aromatic carbocycles. The monoisotopic (exact) mass is 364 g/mol. The number of nitrogens with one attached hydrogen (secondary N) is 2. The highest BCUT2D eigenvalue weighted by atomic mass is 32.1. The highest BCUT2D eigenvalue weighted by Crippen LogP contribution is 2.20. The Hall–Kier alpha value is -3.12. The number of benzene rings is 2. The Morgan fingerprint density at radius 3 is 2.62 bits per heavy atom. The van der Waals surface area contributed by atoms with Crippen LogP contribution in [0.5, 0.6) is 0 Å². The molecule has 0 saturated carbocycles.